The van der Waals surface area contributed by atoms with E-state index >= 15 is 0 Å². The van der Waals surface area contributed by atoms with Crippen LogP contribution >= 0.6 is 0 Å². The Balaban J connectivity index is 1.65. The van der Waals surface area contributed by atoms with E-state index in [1.807, 2.05) is 32.0 Å². The van der Waals surface area contributed by atoms with Gasteiger partial charge in [-0.3, -0.25) is 14.4 Å². The summed E-state index contributed by atoms with van der Waals surface area (Å²) in [6.07, 6.45) is 1.70. The number of Topliss-reactive ketones (excluding diaryl/α,β-unsaturated/α-hetero) is 1. The number of ether oxygens (including phenoxy) is 2. The largest absolute Gasteiger partial charge is 0.484 e. The Bertz CT molecular complexity index is 982. The number of nitrogens with one attached hydrogen (secondary N) is 1. The fourth-order valence-electron chi connectivity index (χ4n) is 3.58. The highest BCUT2D eigenvalue weighted by molar-refractivity contribution is 5.95. The van der Waals surface area contributed by atoms with Crippen molar-refractivity contribution >= 4 is 23.3 Å². The molecule has 32 heavy (non-hydrogen) atoms. The predicted molar refractivity (Wildman–Crippen MR) is 122 cm³/mol. The van der Waals surface area contributed by atoms with E-state index in [0.29, 0.717) is 24.5 Å². The Kier molecular flexibility index (Phi) is 8.00. The molecule has 1 aliphatic heterocycles. The third kappa shape index (κ3) is 6.40. The van der Waals surface area contributed by atoms with Gasteiger partial charge in [0, 0.05) is 24.4 Å². The zero-order chi connectivity index (χ0) is 23.1. The molecule has 1 N–H and O–H groups in total. The van der Waals surface area contributed by atoms with E-state index in [4.69, 9.17) is 9.47 Å². The van der Waals surface area contributed by atoms with E-state index in [9.17, 15) is 14.4 Å². The first-order chi connectivity index (χ1) is 15.3. The lowest BCUT2D eigenvalue weighted by Gasteiger charge is -2.25. The molecule has 1 atom stereocenters. The third-order valence-corrected chi connectivity index (χ3v) is 5.62. The first-order valence-corrected chi connectivity index (χ1v) is 10.8. The van der Waals surface area contributed by atoms with E-state index < -0.39 is 0 Å². The lowest BCUT2D eigenvalue weighted by Crippen LogP contribution is -2.44. The molecule has 1 fully saturated rings. The summed E-state index contributed by atoms with van der Waals surface area (Å²) in [5, 5.41) is 2.90. The average Bonchev–Trinajstić information content (AvgIpc) is 3.28. The second-order valence-electron chi connectivity index (χ2n) is 8.08. The van der Waals surface area contributed by atoms with Crippen LogP contribution in [0.5, 0.6) is 5.75 Å². The minimum atomic E-state index is -0.315. The van der Waals surface area contributed by atoms with Crippen LogP contribution < -0.4 is 10.1 Å². The molecular formula is C25H30N2O5. The molecule has 0 saturated carbocycles. The molecule has 0 spiro atoms. The van der Waals surface area contributed by atoms with Gasteiger partial charge < -0.3 is 19.7 Å². The fraction of sp³-hybridized carbons (Fsp3) is 0.400. The summed E-state index contributed by atoms with van der Waals surface area (Å²) in [6.45, 7) is 6.07. The first kappa shape index (κ1) is 23.5. The number of carbonyl (C=O) groups is 3. The van der Waals surface area contributed by atoms with Gasteiger partial charge in [-0.05, 0) is 62.9 Å². The van der Waals surface area contributed by atoms with Crippen LogP contribution in [-0.4, -0.2) is 54.9 Å². The summed E-state index contributed by atoms with van der Waals surface area (Å²) < 4.78 is 11.3. The lowest BCUT2D eigenvalue weighted by molar-refractivity contribution is -0.138. The third-order valence-electron chi connectivity index (χ3n) is 5.62. The second-order valence-corrected chi connectivity index (χ2v) is 8.08. The van der Waals surface area contributed by atoms with Crippen LogP contribution in [-0.2, 0) is 14.3 Å². The van der Waals surface area contributed by atoms with Crippen molar-refractivity contribution in [1.29, 1.82) is 0 Å². The van der Waals surface area contributed by atoms with Crippen molar-refractivity contribution in [3.05, 3.63) is 59.2 Å². The van der Waals surface area contributed by atoms with Gasteiger partial charge >= 0.3 is 0 Å². The molecule has 0 bridgehead atoms. The maximum Gasteiger partial charge on any atom is 0.261 e. The van der Waals surface area contributed by atoms with Crippen molar-refractivity contribution in [1.82, 2.24) is 4.90 Å². The van der Waals surface area contributed by atoms with E-state index in [-0.39, 0.29) is 36.9 Å². The van der Waals surface area contributed by atoms with Crippen LogP contribution in [0.2, 0.25) is 0 Å². The van der Waals surface area contributed by atoms with Crippen LogP contribution in [0.3, 0.4) is 0 Å². The summed E-state index contributed by atoms with van der Waals surface area (Å²) in [7, 11) is 0. The van der Waals surface area contributed by atoms with Crippen LogP contribution in [0.4, 0.5) is 5.69 Å². The summed E-state index contributed by atoms with van der Waals surface area (Å²) >= 11 is 0. The van der Waals surface area contributed by atoms with Gasteiger partial charge in [0.15, 0.2) is 12.4 Å². The van der Waals surface area contributed by atoms with Crippen LogP contribution in [0, 0.1) is 13.8 Å². The number of aryl methyl sites for hydroxylation is 1. The van der Waals surface area contributed by atoms with E-state index in [0.717, 1.165) is 29.7 Å². The molecule has 0 aliphatic carbocycles. The SMILES string of the molecule is CC(=O)c1cccc(OCC(=O)N(CC(=O)Nc2cccc(C)c2C)CC2CCCO2)c1. The molecule has 2 aromatic carbocycles. The second kappa shape index (κ2) is 10.9. The van der Waals surface area contributed by atoms with Crippen LogP contribution in [0.25, 0.3) is 0 Å². The van der Waals surface area contributed by atoms with Crippen LogP contribution in [0.1, 0.15) is 41.3 Å². The van der Waals surface area contributed by atoms with Gasteiger partial charge in [0.1, 0.15) is 12.3 Å². The zero-order valence-corrected chi connectivity index (χ0v) is 18.8. The molecule has 0 radical (unpaired) electrons. The molecule has 2 amide bonds. The monoisotopic (exact) mass is 438 g/mol. The highest BCUT2D eigenvalue weighted by Crippen LogP contribution is 2.19. The van der Waals surface area contributed by atoms with Crippen molar-refractivity contribution in [3.8, 4) is 5.75 Å². The number of nitrogens with zero attached hydrogens (tertiary/aromatic N) is 1. The number of rotatable bonds is 9. The van der Waals surface area contributed by atoms with Crippen molar-refractivity contribution in [2.45, 2.75) is 39.7 Å². The van der Waals surface area contributed by atoms with Gasteiger partial charge in [0.05, 0.1) is 6.10 Å². The quantitative estimate of drug-likeness (QED) is 0.606. The molecule has 1 unspecified atom stereocenters. The van der Waals surface area contributed by atoms with Gasteiger partial charge in [-0.1, -0.05) is 24.3 Å². The maximum absolute atomic E-state index is 12.9. The number of hydrogen-bond acceptors (Lipinski definition) is 5. The van der Waals surface area contributed by atoms with E-state index in [2.05, 4.69) is 5.32 Å². The van der Waals surface area contributed by atoms with Gasteiger partial charge in [-0.15, -0.1) is 0 Å². The molecule has 1 saturated heterocycles. The molecule has 2 aromatic rings. The molecular weight excluding hydrogens is 408 g/mol. The number of amides is 2. The molecule has 0 aromatic heterocycles. The predicted octanol–water partition coefficient (Wildman–Crippen LogP) is 3.53. The number of ketones is 1. The van der Waals surface area contributed by atoms with Crippen molar-refractivity contribution in [2.75, 3.05) is 31.6 Å². The summed E-state index contributed by atoms with van der Waals surface area (Å²) in [5.74, 6) is -0.235. The number of hydrogen-bond donors (Lipinski definition) is 1. The molecule has 1 aliphatic rings. The topological polar surface area (TPSA) is 84.9 Å². The molecule has 170 valence electrons. The number of anilines is 1. The fourth-order valence-corrected chi connectivity index (χ4v) is 3.58. The first-order valence-electron chi connectivity index (χ1n) is 10.8. The average molecular weight is 439 g/mol. The van der Waals surface area contributed by atoms with Crippen molar-refractivity contribution in [2.24, 2.45) is 0 Å². The Morgan fingerprint density at radius 2 is 1.94 bits per heavy atom. The Morgan fingerprint density at radius 3 is 2.66 bits per heavy atom. The van der Waals surface area contributed by atoms with Crippen molar-refractivity contribution < 1.29 is 23.9 Å². The molecule has 3 rings (SSSR count). The molecule has 1 heterocycles. The van der Waals surface area contributed by atoms with Crippen molar-refractivity contribution in [3.63, 3.8) is 0 Å². The highest BCUT2D eigenvalue weighted by atomic mass is 16.5. The van der Waals surface area contributed by atoms with Gasteiger partial charge in [0.2, 0.25) is 5.91 Å². The number of benzene rings is 2. The zero-order valence-electron chi connectivity index (χ0n) is 18.8. The minimum absolute atomic E-state index is 0.0788. The summed E-state index contributed by atoms with van der Waals surface area (Å²) in [4.78, 5) is 38.7. The van der Waals surface area contributed by atoms with Gasteiger partial charge in [-0.25, -0.2) is 0 Å². The Labute approximate surface area is 188 Å². The maximum atomic E-state index is 12.9. The number of carbonyl (C=O) groups excluding carboxylic acids is 3. The van der Waals surface area contributed by atoms with E-state index in [1.54, 1.807) is 24.3 Å². The smallest absolute Gasteiger partial charge is 0.261 e. The summed E-state index contributed by atoms with van der Waals surface area (Å²) in [5.41, 5.74) is 3.32. The van der Waals surface area contributed by atoms with E-state index in [1.165, 1.54) is 11.8 Å². The lowest BCUT2D eigenvalue weighted by atomic mass is 10.1. The van der Waals surface area contributed by atoms with Gasteiger partial charge in [0.25, 0.3) is 5.91 Å². The standard InChI is InChI=1S/C25H30N2O5/c1-17-7-4-11-23(18(17)2)26-24(29)15-27(14-22-10-6-12-31-22)25(30)16-32-21-9-5-8-20(13-21)19(3)28/h4-5,7-9,11,13,22H,6,10,12,14-16H2,1-3H3,(H,26,29). The van der Waals surface area contributed by atoms with Gasteiger partial charge in [-0.2, -0.15) is 0 Å². The summed E-state index contributed by atoms with van der Waals surface area (Å²) in [6, 6.07) is 12.4. The normalized spacial score (nSPS) is 15.3. The Hall–Kier alpha value is -3.19. The highest BCUT2D eigenvalue weighted by Gasteiger charge is 2.25. The molecule has 7 heteroatoms. The Morgan fingerprint density at radius 1 is 1.16 bits per heavy atom. The molecule has 7 nitrogen and oxygen atoms in total. The van der Waals surface area contributed by atoms with Crippen LogP contribution in [0.15, 0.2) is 42.5 Å². The minimum Gasteiger partial charge on any atom is -0.484 e.